The van der Waals surface area contributed by atoms with E-state index in [4.69, 9.17) is 4.74 Å². The lowest BCUT2D eigenvalue weighted by Gasteiger charge is -2.06. The third-order valence-electron chi connectivity index (χ3n) is 3.37. The SMILES string of the molecule is COCCn1nc(C(=O)NCC#Cc2cccc(C(F)(F)F)c2)ccc1=O. The zero-order chi connectivity index (χ0) is 19.9. The van der Waals surface area contributed by atoms with Gasteiger partial charge in [-0.15, -0.1) is 0 Å². The average Bonchev–Trinajstić information content (AvgIpc) is 2.64. The molecule has 1 aromatic heterocycles. The summed E-state index contributed by atoms with van der Waals surface area (Å²) in [5.74, 6) is 4.58. The van der Waals surface area contributed by atoms with Gasteiger partial charge in [0.25, 0.3) is 11.5 Å². The van der Waals surface area contributed by atoms with E-state index in [1.165, 1.54) is 31.4 Å². The van der Waals surface area contributed by atoms with Gasteiger partial charge < -0.3 is 10.1 Å². The van der Waals surface area contributed by atoms with Gasteiger partial charge in [0.05, 0.1) is 25.3 Å². The first-order valence-corrected chi connectivity index (χ1v) is 7.82. The molecule has 0 fully saturated rings. The first-order chi connectivity index (χ1) is 12.8. The number of nitrogens with one attached hydrogen (secondary N) is 1. The Kier molecular flexibility index (Phi) is 6.73. The largest absolute Gasteiger partial charge is 0.416 e. The molecular weight excluding hydrogens is 363 g/mol. The minimum atomic E-state index is -4.44. The van der Waals surface area contributed by atoms with Crippen molar-refractivity contribution in [3.63, 3.8) is 0 Å². The van der Waals surface area contributed by atoms with Gasteiger partial charge in [0, 0.05) is 18.7 Å². The van der Waals surface area contributed by atoms with E-state index in [-0.39, 0.29) is 36.5 Å². The molecule has 0 radical (unpaired) electrons. The van der Waals surface area contributed by atoms with E-state index in [0.717, 1.165) is 16.8 Å². The Labute approximate surface area is 153 Å². The molecule has 0 spiro atoms. The van der Waals surface area contributed by atoms with Crippen LogP contribution in [0, 0.1) is 11.8 Å². The van der Waals surface area contributed by atoms with Crippen LogP contribution in [0.25, 0.3) is 0 Å². The van der Waals surface area contributed by atoms with E-state index in [9.17, 15) is 22.8 Å². The number of carbonyl (C=O) groups is 1. The number of methoxy groups -OCH3 is 1. The van der Waals surface area contributed by atoms with Crippen molar-refractivity contribution in [2.24, 2.45) is 0 Å². The Morgan fingerprint density at radius 3 is 2.78 bits per heavy atom. The molecule has 2 rings (SSSR count). The molecule has 1 heterocycles. The van der Waals surface area contributed by atoms with Crippen LogP contribution in [-0.2, 0) is 17.5 Å². The van der Waals surface area contributed by atoms with Crippen LogP contribution in [0.15, 0.2) is 41.2 Å². The number of carbonyl (C=O) groups excluding carboxylic acids is 1. The molecule has 0 bridgehead atoms. The zero-order valence-electron chi connectivity index (χ0n) is 14.3. The van der Waals surface area contributed by atoms with Crippen molar-refractivity contribution in [2.45, 2.75) is 12.7 Å². The minimum Gasteiger partial charge on any atom is -0.383 e. The van der Waals surface area contributed by atoms with Crippen molar-refractivity contribution < 1.29 is 22.7 Å². The molecule has 1 aromatic carbocycles. The highest BCUT2D eigenvalue weighted by Gasteiger charge is 2.30. The van der Waals surface area contributed by atoms with Gasteiger partial charge in [-0.3, -0.25) is 9.59 Å². The summed E-state index contributed by atoms with van der Waals surface area (Å²) >= 11 is 0. The summed E-state index contributed by atoms with van der Waals surface area (Å²) in [5, 5.41) is 6.40. The molecule has 27 heavy (non-hydrogen) atoms. The van der Waals surface area contributed by atoms with E-state index in [1.54, 1.807) is 0 Å². The van der Waals surface area contributed by atoms with E-state index >= 15 is 0 Å². The molecule has 0 aliphatic carbocycles. The normalized spacial score (nSPS) is 10.8. The Morgan fingerprint density at radius 2 is 2.07 bits per heavy atom. The number of nitrogens with zero attached hydrogens (tertiary/aromatic N) is 2. The lowest BCUT2D eigenvalue weighted by atomic mass is 10.1. The highest BCUT2D eigenvalue weighted by atomic mass is 19.4. The third-order valence-corrected chi connectivity index (χ3v) is 3.37. The standard InChI is InChI=1S/C18H16F3N3O3/c1-27-11-10-24-16(25)8-7-15(23-24)17(26)22-9-3-5-13-4-2-6-14(12-13)18(19,20)21/h2,4,6-8,12H,9-11H2,1H3,(H,22,26). The second-order valence-electron chi connectivity index (χ2n) is 5.34. The molecule has 6 nitrogen and oxygen atoms in total. The lowest BCUT2D eigenvalue weighted by Crippen LogP contribution is -2.30. The quantitative estimate of drug-likeness (QED) is 0.803. The van der Waals surface area contributed by atoms with Crippen molar-refractivity contribution in [1.29, 1.82) is 0 Å². The van der Waals surface area contributed by atoms with Crippen LogP contribution in [0.4, 0.5) is 13.2 Å². The predicted octanol–water partition coefficient (Wildman–Crippen LogP) is 1.69. The van der Waals surface area contributed by atoms with E-state index in [1.807, 2.05) is 0 Å². The van der Waals surface area contributed by atoms with Crippen LogP contribution in [0.1, 0.15) is 21.6 Å². The summed E-state index contributed by atoms with van der Waals surface area (Å²) in [4.78, 5) is 23.7. The van der Waals surface area contributed by atoms with Crippen LogP contribution in [0.3, 0.4) is 0 Å². The summed E-state index contributed by atoms with van der Waals surface area (Å²) in [5.41, 5.74) is -0.953. The summed E-state index contributed by atoms with van der Waals surface area (Å²) < 4.78 is 43.9. The number of amides is 1. The molecule has 142 valence electrons. The first kappa shape index (κ1) is 20.2. The molecule has 0 saturated carbocycles. The van der Waals surface area contributed by atoms with Crippen LogP contribution < -0.4 is 10.9 Å². The Hall–Kier alpha value is -3.12. The zero-order valence-corrected chi connectivity index (χ0v) is 14.3. The van der Waals surface area contributed by atoms with Gasteiger partial charge in [-0.05, 0) is 24.3 Å². The summed E-state index contributed by atoms with van der Waals surface area (Å²) in [6.07, 6.45) is -4.44. The number of ether oxygens (including phenoxy) is 1. The fourth-order valence-corrected chi connectivity index (χ4v) is 2.04. The Balaban J connectivity index is 1.99. The highest BCUT2D eigenvalue weighted by molar-refractivity contribution is 5.92. The number of hydrogen-bond donors (Lipinski definition) is 1. The van der Waals surface area contributed by atoms with Crippen LogP contribution in [0.5, 0.6) is 0 Å². The predicted molar refractivity (Wildman–Crippen MR) is 91.0 cm³/mol. The van der Waals surface area contributed by atoms with Crippen molar-refractivity contribution in [3.05, 3.63) is 63.6 Å². The van der Waals surface area contributed by atoms with Gasteiger partial charge in [0.2, 0.25) is 0 Å². The maximum Gasteiger partial charge on any atom is 0.416 e. The monoisotopic (exact) mass is 379 g/mol. The highest BCUT2D eigenvalue weighted by Crippen LogP contribution is 2.29. The fraction of sp³-hybridized carbons (Fsp3) is 0.278. The second kappa shape index (κ2) is 9.00. The Morgan fingerprint density at radius 1 is 1.30 bits per heavy atom. The Bertz CT molecular complexity index is 927. The van der Waals surface area contributed by atoms with E-state index < -0.39 is 17.6 Å². The number of benzene rings is 1. The van der Waals surface area contributed by atoms with Gasteiger partial charge in [0.15, 0.2) is 0 Å². The molecule has 0 aliphatic heterocycles. The van der Waals surface area contributed by atoms with E-state index in [2.05, 4.69) is 22.3 Å². The number of halogens is 3. The molecule has 0 saturated heterocycles. The summed E-state index contributed by atoms with van der Waals surface area (Å²) in [6, 6.07) is 7.09. The van der Waals surface area contributed by atoms with Crippen LogP contribution >= 0.6 is 0 Å². The van der Waals surface area contributed by atoms with Crippen molar-refractivity contribution in [2.75, 3.05) is 20.3 Å². The number of aromatic nitrogens is 2. The van der Waals surface area contributed by atoms with Gasteiger partial charge in [-0.1, -0.05) is 17.9 Å². The minimum absolute atomic E-state index is 0.0200. The van der Waals surface area contributed by atoms with Gasteiger partial charge in [0.1, 0.15) is 5.69 Å². The molecule has 0 unspecified atom stereocenters. The van der Waals surface area contributed by atoms with Crippen LogP contribution in [-0.4, -0.2) is 35.9 Å². The smallest absolute Gasteiger partial charge is 0.383 e. The summed E-state index contributed by atoms with van der Waals surface area (Å²) in [7, 11) is 1.48. The van der Waals surface area contributed by atoms with Crippen molar-refractivity contribution in [1.82, 2.24) is 15.1 Å². The first-order valence-electron chi connectivity index (χ1n) is 7.82. The number of alkyl halides is 3. The molecule has 0 atom stereocenters. The molecule has 0 aliphatic rings. The molecule has 1 N–H and O–H groups in total. The van der Waals surface area contributed by atoms with E-state index in [0.29, 0.717) is 0 Å². The maximum atomic E-state index is 12.6. The second-order valence-corrected chi connectivity index (χ2v) is 5.34. The number of rotatable bonds is 5. The molecule has 1 amide bonds. The molecule has 9 heteroatoms. The van der Waals surface area contributed by atoms with Gasteiger partial charge in [-0.25, -0.2) is 4.68 Å². The van der Waals surface area contributed by atoms with Crippen molar-refractivity contribution in [3.8, 4) is 11.8 Å². The number of hydrogen-bond acceptors (Lipinski definition) is 4. The fourth-order valence-electron chi connectivity index (χ4n) is 2.04. The van der Waals surface area contributed by atoms with Crippen molar-refractivity contribution >= 4 is 5.91 Å². The lowest BCUT2D eigenvalue weighted by molar-refractivity contribution is -0.137. The van der Waals surface area contributed by atoms with Gasteiger partial charge >= 0.3 is 6.18 Å². The van der Waals surface area contributed by atoms with Gasteiger partial charge in [-0.2, -0.15) is 18.3 Å². The third kappa shape index (κ3) is 5.97. The average molecular weight is 379 g/mol. The van der Waals surface area contributed by atoms with Crippen LogP contribution in [0.2, 0.25) is 0 Å². The maximum absolute atomic E-state index is 12.6. The topological polar surface area (TPSA) is 73.2 Å². The molecule has 2 aromatic rings. The molecular formula is C18H16F3N3O3. The summed E-state index contributed by atoms with van der Waals surface area (Å²) in [6.45, 7) is 0.375.